The number of hydrogen-bond donors (Lipinski definition) is 0. The minimum Gasteiger partial charge on any atom is -0.416 e. The third-order valence-corrected chi connectivity index (χ3v) is 22.8. The Kier molecular flexibility index (Phi) is 7.68. The Morgan fingerprint density at radius 1 is 0.652 bits per heavy atom. The van der Waals surface area contributed by atoms with E-state index in [4.69, 9.17) is 16.5 Å². The molecule has 0 aromatic heterocycles. The lowest BCUT2D eigenvalue weighted by atomic mass is 10.6. The summed E-state index contributed by atoms with van der Waals surface area (Å²) >= 11 is 0. The number of rotatable bonds is 7. The van der Waals surface area contributed by atoms with Gasteiger partial charge in [-0.15, -0.1) is 6.58 Å². The lowest BCUT2D eigenvalue weighted by Gasteiger charge is -2.49. The van der Waals surface area contributed by atoms with Gasteiger partial charge in [-0.3, -0.25) is 0 Å². The molecule has 0 aliphatic carbocycles. The van der Waals surface area contributed by atoms with Crippen LogP contribution in [0.5, 0.6) is 0 Å². The molecule has 23 heavy (non-hydrogen) atoms. The summed E-state index contributed by atoms with van der Waals surface area (Å²) in [5.74, 6) is 0. The molecule has 0 aromatic carbocycles. The molecule has 1 aliphatic rings. The van der Waals surface area contributed by atoms with E-state index in [9.17, 15) is 0 Å². The van der Waals surface area contributed by atoms with Gasteiger partial charge in [0.1, 0.15) is 0 Å². The minimum atomic E-state index is -2.46. The van der Waals surface area contributed by atoms with Crippen molar-refractivity contribution in [3.8, 4) is 0 Å². The van der Waals surface area contributed by atoms with E-state index in [0.29, 0.717) is 0 Å². The molecule has 0 amide bonds. The van der Waals surface area contributed by atoms with Gasteiger partial charge in [-0.05, 0) is 44.3 Å². The van der Waals surface area contributed by atoms with Crippen molar-refractivity contribution in [2.75, 3.05) is 0 Å². The molecule has 1 rings (SSSR count). The van der Waals surface area contributed by atoms with E-state index in [-0.39, 0.29) is 0 Å². The largest absolute Gasteiger partial charge is 0.416 e. The van der Waals surface area contributed by atoms with E-state index in [1.165, 1.54) is 0 Å². The van der Waals surface area contributed by atoms with Crippen LogP contribution in [-0.2, 0) is 16.5 Å². The quantitative estimate of drug-likeness (QED) is 0.550. The highest BCUT2D eigenvalue weighted by Gasteiger charge is 2.55. The van der Waals surface area contributed by atoms with E-state index in [1.54, 1.807) is 0 Å². The molecule has 0 spiro atoms. The van der Waals surface area contributed by atoms with E-state index >= 15 is 0 Å². The van der Waals surface area contributed by atoms with Crippen molar-refractivity contribution < 1.29 is 16.5 Å². The van der Waals surface area contributed by atoms with Crippen molar-refractivity contribution in [2.24, 2.45) is 0 Å². The van der Waals surface area contributed by atoms with Crippen molar-refractivity contribution in [2.45, 2.75) is 84.4 Å². The van der Waals surface area contributed by atoms with Crippen molar-refractivity contribution >= 4 is 34.2 Å². The maximum absolute atomic E-state index is 6.76. The van der Waals surface area contributed by atoms with Crippen molar-refractivity contribution in [1.82, 2.24) is 0 Å². The Labute approximate surface area is 147 Å². The highest BCUT2D eigenvalue weighted by molar-refractivity contribution is 6.95. The van der Waals surface area contributed by atoms with E-state index in [2.05, 4.69) is 53.5 Å². The first-order chi connectivity index (χ1) is 10.6. The fourth-order valence-corrected chi connectivity index (χ4v) is 25.8. The summed E-state index contributed by atoms with van der Waals surface area (Å²) in [4.78, 5) is 0. The molecule has 2 unspecified atom stereocenters. The van der Waals surface area contributed by atoms with Crippen LogP contribution in [0.3, 0.4) is 0 Å². The molecule has 1 saturated heterocycles. The monoisotopic (exact) mass is 392 g/mol. The first-order valence-electron chi connectivity index (χ1n) is 9.01. The summed E-state index contributed by atoms with van der Waals surface area (Å²) < 4.78 is 26.8. The Morgan fingerprint density at radius 3 is 1.22 bits per heavy atom. The average molecular weight is 393 g/mol. The summed E-state index contributed by atoms with van der Waals surface area (Å²) in [5.41, 5.74) is 1.91. The van der Waals surface area contributed by atoms with Gasteiger partial charge in [0.25, 0.3) is 0 Å². The van der Waals surface area contributed by atoms with Gasteiger partial charge in [0.2, 0.25) is 0 Å². The molecule has 4 nitrogen and oxygen atoms in total. The summed E-state index contributed by atoms with van der Waals surface area (Å²) in [7, 11) is -9.36. The smallest absolute Gasteiger partial charge is 0.343 e. The topological polar surface area (TPSA) is 36.9 Å². The fraction of sp³-hybridized carbons (Fsp3) is 0.867. The van der Waals surface area contributed by atoms with Crippen LogP contribution in [0, 0.1) is 0 Å². The van der Waals surface area contributed by atoms with E-state index < -0.39 is 34.2 Å². The predicted octanol–water partition coefficient (Wildman–Crippen LogP) is 5.31. The van der Waals surface area contributed by atoms with Crippen molar-refractivity contribution in [1.29, 1.82) is 0 Å². The SMILES string of the molecule is C=C[Si]1(C)O[Si](C)(CCC)O[Si](C)(CCC)O[Si](C)(CCC)O1. The Balaban J connectivity index is 3.24. The molecular formula is C15H36O4Si4. The molecule has 0 N–H and O–H groups in total. The van der Waals surface area contributed by atoms with E-state index in [1.807, 2.05) is 5.70 Å². The standard InChI is InChI=1S/C15H36O4Si4/c1-9-13-21(6)16-20(5,12-4)17-22(7,14-10-2)19-23(8,18-21)15-11-3/h12H,4,9-11,13-15H2,1-3,5-8H3. The first-order valence-corrected chi connectivity index (χ1v) is 19.0. The van der Waals surface area contributed by atoms with Crippen LogP contribution in [0.25, 0.3) is 0 Å². The van der Waals surface area contributed by atoms with Gasteiger partial charge >= 0.3 is 34.2 Å². The second kappa shape index (κ2) is 8.22. The third-order valence-electron chi connectivity index (χ3n) is 4.18. The summed E-state index contributed by atoms with van der Waals surface area (Å²) in [6.07, 6.45) is 3.20. The molecule has 0 radical (unpaired) electrons. The average Bonchev–Trinajstić information content (AvgIpc) is 2.36. The second-order valence-corrected chi connectivity index (χ2v) is 21.3. The van der Waals surface area contributed by atoms with Gasteiger partial charge in [-0.25, -0.2) is 0 Å². The molecule has 2 atom stereocenters. The van der Waals surface area contributed by atoms with Crippen LogP contribution in [0.15, 0.2) is 12.3 Å². The highest BCUT2D eigenvalue weighted by atomic mass is 28.5. The highest BCUT2D eigenvalue weighted by Crippen LogP contribution is 2.37. The van der Waals surface area contributed by atoms with Gasteiger partial charge in [0.15, 0.2) is 0 Å². The Hall–Kier alpha value is 0.448. The van der Waals surface area contributed by atoms with Crippen molar-refractivity contribution in [3.63, 3.8) is 0 Å². The lowest BCUT2D eigenvalue weighted by Crippen LogP contribution is -2.66. The fourth-order valence-electron chi connectivity index (χ4n) is 3.61. The van der Waals surface area contributed by atoms with Gasteiger partial charge in [-0.1, -0.05) is 45.7 Å². The molecule has 0 aromatic rings. The van der Waals surface area contributed by atoms with Gasteiger partial charge < -0.3 is 16.5 Å². The third kappa shape index (κ3) is 6.03. The van der Waals surface area contributed by atoms with Crippen molar-refractivity contribution in [3.05, 3.63) is 12.3 Å². The molecule has 1 fully saturated rings. The molecule has 1 aliphatic heterocycles. The summed E-state index contributed by atoms with van der Waals surface area (Å²) in [5, 5.41) is 0. The van der Waals surface area contributed by atoms with Crippen LogP contribution >= 0.6 is 0 Å². The minimum absolute atomic E-state index is 0.981. The van der Waals surface area contributed by atoms with Crippen LogP contribution in [0.4, 0.5) is 0 Å². The second-order valence-electron chi connectivity index (χ2n) is 7.28. The normalized spacial score (nSPS) is 42.0. The van der Waals surface area contributed by atoms with Gasteiger partial charge in [0.05, 0.1) is 0 Å². The van der Waals surface area contributed by atoms with Crippen LogP contribution in [-0.4, -0.2) is 34.2 Å². The zero-order valence-corrected chi connectivity index (χ0v) is 20.2. The molecule has 0 saturated carbocycles. The maximum atomic E-state index is 6.76. The molecule has 1 heterocycles. The zero-order chi connectivity index (χ0) is 17.8. The Morgan fingerprint density at radius 2 is 0.957 bits per heavy atom. The zero-order valence-electron chi connectivity index (χ0n) is 16.2. The maximum Gasteiger partial charge on any atom is 0.343 e. The number of hydrogen-bond acceptors (Lipinski definition) is 4. The molecule has 136 valence electrons. The first kappa shape index (κ1) is 21.5. The van der Waals surface area contributed by atoms with Crippen LogP contribution < -0.4 is 0 Å². The van der Waals surface area contributed by atoms with Crippen LogP contribution in [0.2, 0.25) is 44.3 Å². The molecule has 8 heteroatoms. The summed E-state index contributed by atoms with van der Waals surface area (Å²) in [6, 6.07) is 2.97. The van der Waals surface area contributed by atoms with Crippen LogP contribution in [0.1, 0.15) is 40.0 Å². The van der Waals surface area contributed by atoms with Gasteiger partial charge in [0, 0.05) is 0 Å². The lowest BCUT2D eigenvalue weighted by molar-refractivity contribution is 0.228. The predicted molar refractivity (Wildman–Crippen MR) is 106 cm³/mol. The summed E-state index contributed by atoms with van der Waals surface area (Å²) in [6.45, 7) is 19.3. The van der Waals surface area contributed by atoms with Gasteiger partial charge in [-0.2, -0.15) is 0 Å². The molecular weight excluding hydrogens is 357 g/mol. The Bertz CT molecular complexity index is 385. The molecule has 0 bridgehead atoms. The van der Waals surface area contributed by atoms with E-state index in [0.717, 1.165) is 37.4 Å².